The minimum Gasteiger partial charge on any atom is -0.495 e. The molecule has 0 bridgehead atoms. The van der Waals surface area contributed by atoms with E-state index in [-0.39, 0.29) is 10.6 Å². The molecule has 0 atom stereocenters. The number of nitrogens with zero attached hydrogens (tertiary/aromatic N) is 1. The lowest BCUT2D eigenvalue weighted by atomic mass is 10.2. The van der Waals surface area contributed by atoms with Crippen molar-refractivity contribution in [3.8, 4) is 5.75 Å². The van der Waals surface area contributed by atoms with E-state index in [0.29, 0.717) is 0 Å². The van der Waals surface area contributed by atoms with Crippen LogP contribution in [0.25, 0.3) is 0 Å². The van der Waals surface area contributed by atoms with Gasteiger partial charge in [0.15, 0.2) is 0 Å². The first kappa shape index (κ1) is 14.5. The first-order valence-electron chi connectivity index (χ1n) is 5.76. The first-order valence-corrected chi connectivity index (χ1v) is 8.12. The number of methoxy groups -OCH3 is 1. The summed E-state index contributed by atoms with van der Waals surface area (Å²) in [6.45, 7) is 1.81. The van der Waals surface area contributed by atoms with Crippen molar-refractivity contribution in [2.75, 3.05) is 7.11 Å². The van der Waals surface area contributed by atoms with E-state index < -0.39 is 10.0 Å². The zero-order valence-corrected chi connectivity index (χ0v) is 12.7. The topological polar surface area (TPSA) is 67.8 Å². The monoisotopic (exact) mass is 310 g/mol. The van der Waals surface area contributed by atoms with E-state index in [2.05, 4.69) is 9.93 Å². The summed E-state index contributed by atoms with van der Waals surface area (Å²) in [4.78, 5) is 3.12. The summed E-state index contributed by atoms with van der Waals surface area (Å²) in [6.07, 6.45) is 1.46. The predicted molar refractivity (Wildman–Crippen MR) is 80.0 cm³/mol. The summed E-state index contributed by atoms with van der Waals surface area (Å²) in [6, 6.07) is 8.65. The largest absolute Gasteiger partial charge is 0.495 e. The van der Waals surface area contributed by atoms with Crippen LogP contribution in [0.2, 0.25) is 0 Å². The number of hydrogen-bond donors (Lipinski definition) is 1. The van der Waals surface area contributed by atoms with E-state index in [9.17, 15) is 8.42 Å². The Morgan fingerprint density at radius 2 is 2.15 bits per heavy atom. The normalized spacial score (nSPS) is 11.7. The smallest absolute Gasteiger partial charge is 0.280 e. The number of sulfonamides is 1. The Morgan fingerprint density at radius 3 is 2.80 bits per heavy atom. The lowest BCUT2D eigenvalue weighted by molar-refractivity contribution is 0.402. The van der Waals surface area contributed by atoms with Gasteiger partial charge in [0.2, 0.25) is 0 Å². The molecule has 2 aromatic rings. The third-order valence-electron chi connectivity index (χ3n) is 2.52. The Kier molecular flexibility index (Phi) is 4.41. The number of hydrogen-bond acceptors (Lipinski definition) is 5. The van der Waals surface area contributed by atoms with Crippen molar-refractivity contribution in [1.82, 2.24) is 4.83 Å². The lowest BCUT2D eigenvalue weighted by Gasteiger charge is -2.09. The highest BCUT2D eigenvalue weighted by Crippen LogP contribution is 2.24. The molecule has 2 rings (SSSR count). The van der Waals surface area contributed by atoms with E-state index in [4.69, 9.17) is 4.74 Å². The van der Waals surface area contributed by atoms with Crippen molar-refractivity contribution in [2.45, 2.75) is 11.8 Å². The van der Waals surface area contributed by atoms with Crippen LogP contribution >= 0.6 is 11.3 Å². The molecule has 5 nitrogen and oxygen atoms in total. The van der Waals surface area contributed by atoms with Crippen LogP contribution in [0.15, 0.2) is 45.7 Å². The molecule has 1 aromatic heterocycles. The molecule has 0 amide bonds. The number of nitrogens with one attached hydrogen (secondary N) is 1. The van der Waals surface area contributed by atoms with E-state index in [1.807, 2.05) is 24.4 Å². The Balaban J connectivity index is 2.24. The van der Waals surface area contributed by atoms with Gasteiger partial charge in [0.1, 0.15) is 10.6 Å². The minimum absolute atomic E-state index is 0.0725. The van der Waals surface area contributed by atoms with Crippen LogP contribution in [0.5, 0.6) is 5.75 Å². The number of rotatable bonds is 5. The summed E-state index contributed by atoms with van der Waals surface area (Å²) >= 11 is 1.47. The number of aryl methyl sites for hydroxylation is 1. The van der Waals surface area contributed by atoms with E-state index in [1.54, 1.807) is 18.2 Å². The number of ether oxygens (including phenoxy) is 1. The van der Waals surface area contributed by atoms with Crippen LogP contribution in [0.3, 0.4) is 0 Å². The van der Waals surface area contributed by atoms with Crippen LogP contribution in [0.1, 0.15) is 10.4 Å². The molecule has 1 N–H and O–H groups in total. The summed E-state index contributed by atoms with van der Waals surface area (Å²) in [5.74, 6) is 0.287. The Morgan fingerprint density at radius 1 is 1.35 bits per heavy atom. The molecule has 0 aliphatic rings. The van der Waals surface area contributed by atoms with Gasteiger partial charge in [-0.3, -0.25) is 0 Å². The quantitative estimate of drug-likeness (QED) is 0.681. The molecule has 0 saturated carbocycles. The van der Waals surface area contributed by atoms with Gasteiger partial charge in [-0.1, -0.05) is 12.1 Å². The van der Waals surface area contributed by atoms with Crippen molar-refractivity contribution < 1.29 is 13.2 Å². The van der Waals surface area contributed by atoms with Crippen molar-refractivity contribution >= 4 is 27.6 Å². The highest BCUT2D eigenvalue weighted by atomic mass is 32.2. The van der Waals surface area contributed by atoms with Crippen LogP contribution < -0.4 is 9.57 Å². The van der Waals surface area contributed by atoms with Gasteiger partial charge >= 0.3 is 0 Å². The third-order valence-corrected chi connectivity index (χ3v) is 4.57. The number of thiophene rings is 1. The average Bonchev–Trinajstić information content (AvgIpc) is 2.91. The van der Waals surface area contributed by atoms with E-state index in [0.717, 1.165) is 10.4 Å². The molecule has 20 heavy (non-hydrogen) atoms. The van der Waals surface area contributed by atoms with E-state index in [1.165, 1.54) is 24.7 Å². The van der Waals surface area contributed by atoms with E-state index >= 15 is 0 Å². The van der Waals surface area contributed by atoms with Crippen LogP contribution in [0, 0.1) is 6.92 Å². The van der Waals surface area contributed by atoms with Gasteiger partial charge < -0.3 is 4.74 Å². The molecule has 0 radical (unpaired) electrons. The highest BCUT2D eigenvalue weighted by Gasteiger charge is 2.18. The fraction of sp³-hybridized carbons (Fsp3) is 0.154. The molecule has 106 valence electrons. The molecule has 0 spiro atoms. The SMILES string of the molecule is COc1ccc(C)cc1S(=O)(=O)N/N=C/c1cccs1. The second-order valence-corrected chi connectivity index (χ2v) is 6.63. The van der Waals surface area contributed by atoms with Crippen molar-refractivity contribution in [3.05, 3.63) is 46.2 Å². The molecule has 0 fully saturated rings. The second kappa shape index (κ2) is 6.06. The molecule has 1 heterocycles. The van der Waals surface area contributed by atoms with Gasteiger partial charge in [0, 0.05) is 4.88 Å². The van der Waals surface area contributed by atoms with Gasteiger partial charge in [-0.05, 0) is 36.1 Å². The summed E-state index contributed by atoms with van der Waals surface area (Å²) < 4.78 is 29.5. The Bertz CT molecular complexity index is 707. The molecule has 0 aliphatic heterocycles. The maximum atomic E-state index is 12.2. The van der Waals surface area contributed by atoms with Crippen LogP contribution in [-0.4, -0.2) is 21.7 Å². The standard InChI is InChI=1S/C13H14N2O3S2/c1-10-5-6-12(18-2)13(8-10)20(16,17)15-14-9-11-4-3-7-19-11/h3-9,15H,1-2H3/b14-9+. The van der Waals surface area contributed by atoms with Gasteiger partial charge in [-0.15, -0.1) is 11.3 Å². The molecule has 0 unspecified atom stereocenters. The Labute approximate surface area is 122 Å². The second-order valence-electron chi connectivity index (χ2n) is 4.02. The van der Waals surface area contributed by atoms with Gasteiger partial charge in [-0.25, -0.2) is 0 Å². The van der Waals surface area contributed by atoms with Crippen molar-refractivity contribution in [1.29, 1.82) is 0 Å². The zero-order valence-electron chi connectivity index (χ0n) is 11.0. The molecular weight excluding hydrogens is 296 g/mol. The average molecular weight is 310 g/mol. The fourth-order valence-electron chi connectivity index (χ4n) is 1.57. The molecule has 1 aromatic carbocycles. The summed E-state index contributed by atoms with van der Waals surface area (Å²) in [5.41, 5.74) is 0.827. The molecule has 0 aliphatic carbocycles. The molecule has 0 saturated heterocycles. The Hall–Kier alpha value is -1.86. The zero-order chi connectivity index (χ0) is 14.6. The van der Waals surface area contributed by atoms with Crippen LogP contribution in [0.4, 0.5) is 0 Å². The minimum atomic E-state index is -3.75. The third kappa shape index (κ3) is 3.37. The van der Waals surface area contributed by atoms with Crippen LogP contribution in [-0.2, 0) is 10.0 Å². The number of hydrazone groups is 1. The maximum absolute atomic E-state index is 12.2. The van der Waals surface area contributed by atoms with Crippen molar-refractivity contribution in [3.63, 3.8) is 0 Å². The fourth-order valence-corrected chi connectivity index (χ4v) is 3.20. The predicted octanol–water partition coefficient (Wildman–Crippen LogP) is 2.38. The molecule has 7 heteroatoms. The van der Waals surface area contributed by atoms with Gasteiger partial charge in [0.25, 0.3) is 10.0 Å². The first-order chi connectivity index (χ1) is 9.53. The van der Waals surface area contributed by atoms with Gasteiger partial charge in [0.05, 0.1) is 13.3 Å². The van der Waals surface area contributed by atoms with Gasteiger partial charge in [-0.2, -0.15) is 18.4 Å². The molecular formula is C13H14N2O3S2. The lowest BCUT2D eigenvalue weighted by Crippen LogP contribution is -2.19. The summed E-state index contributed by atoms with van der Waals surface area (Å²) in [7, 11) is -2.32. The summed E-state index contributed by atoms with van der Waals surface area (Å²) in [5, 5.41) is 5.65. The maximum Gasteiger partial charge on any atom is 0.280 e. The highest BCUT2D eigenvalue weighted by molar-refractivity contribution is 7.89. The number of benzene rings is 1. The van der Waals surface area contributed by atoms with Crippen molar-refractivity contribution in [2.24, 2.45) is 5.10 Å².